The highest BCUT2D eigenvalue weighted by atomic mass is 16.7. The maximum atomic E-state index is 5.54. The largest absolute Gasteiger partial charge is 0.372 e. The van der Waals surface area contributed by atoms with Gasteiger partial charge in [0.1, 0.15) is 12.2 Å². The molecule has 2 heterocycles. The first-order valence-electron chi connectivity index (χ1n) is 4.10. The zero-order valence-electron chi connectivity index (χ0n) is 6.54. The van der Waals surface area contributed by atoms with Crippen molar-refractivity contribution in [3.8, 4) is 0 Å². The molecule has 2 rings (SSSR count). The van der Waals surface area contributed by atoms with Gasteiger partial charge in [-0.05, 0) is 5.92 Å². The second-order valence-corrected chi connectivity index (χ2v) is 3.32. The smallest absolute Gasteiger partial charge is 0.113 e. The van der Waals surface area contributed by atoms with Gasteiger partial charge in [-0.15, -0.1) is 0 Å². The topological polar surface area (TPSA) is 21.8 Å². The molecule has 2 aliphatic rings. The van der Waals surface area contributed by atoms with Gasteiger partial charge in [0, 0.05) is 0 Å². The molecule has 0 aromatic carbocycles. The molecule has 0 aliphatic carbocycles. The Morgan fingerprint density at radius 1 is 1.60 bits per heavy atom. The predicted molar refractivity (Wildman–Crippen MR) is 37.9 cm³/mol. The molecular weight excluding hydrogens is 128 g/mol. The maximum absolute atomic E-state index is 5.54. The lowest BCUT2D eigenvalue weighted by Crippen LogP contribution is -2.22. The van der Waals surface area contributed by atoms with Crippen molar-refractivity contribution in [3.63, 3.8) is 0 Å². The minimum atomic E-state index is 0.398. The van der Waals surface area contributed by atoms with E-state index in [1.54, 1.807) is 0 Å². The molecule has 0 bridgehead atoms. The second kappa shape index (κ2) is 2.21. The highest BCUT2D eigenvalue weighted by Gasteiger charge is 2.52. The van der Waals surface area contributed by atoms with E-state index in [0.29, 0.717) is 24.2 Å². The van der Waals surface area contributed by atoms with Gasteiger partial charge in [-0.25, -0.2) is 0 Å². The first-order chi connectivity index (χ1) is 4.83. The van der Waals surface area contributed by atoms with E-state index in [4.69, 9.17) is 9.47 Å². The van der Waals surface area contributed by atoms with Gasteiger partial charge in [0.05, 0.1) is 12.7 Å². The molecule has 0 N–H and O–H groups in total. The van der Waals surface area contributed by atoms with E-state index < -0.39 is 0 Å². The van der Waals surface area contributed by atoms with E-state index >= 15 is 0 Å². The molecule has 0 spiro atoms. The molecule has 0 aromatic heterocycles. The van der Waals surface area contributed by atoms with Crippen LogP contribution in [0.15, 0.2) is 0 Å². The minimum Gasteiger partial charge on any atom is -0.372 e. The number of hydrogen-bond donors (Lipinski definition) is 0. The van der Waals surface area contributed by atoms with Crippen LogP contribution in [0.4, 0.5) is 0 Å². The summed E-state index contributed by atoms with van der Waals surface area (Å²) in [6.07, 6.45) is 2.50. The number of fused-ring (bicyclic) bond motifs is 1. The fraction of sp³-hybridized carbons (Fsp3) is 1.00. The lowest BCUT2D eigenvalue weighted by Gasteiger charge is -2.17. The molecule has 2 aliphatic heterocycles. The molecule has 0 aromatic rings. The normalized spacial score (nSPS) is 46.8. The molecule has 2 fully saturated rings. The first-order valence-corrected chi connectivity index (χ1v) is 4.10. The molecule has 2 heteroatoms. The number of ether oxygens (including phenoxy) is 2. The monoisotopic (exact) mass is 142 g/mol. The Labute approximate surface area is 61.5 Å². The van der Waals surface area contributed by atoms with Gasteiger partial charge in [0.2, 0.25) is 0 Å². The molecule has 4 atom stereocenters. The summed E-state index contributed by atoms with van der Waals surface area (Å²) in [4.78, 5) is 0. The summed E-state index contributed by atoms with van der Waals surface area (Å²) in [5.41, 5.74) is 0. The van der Waals surface area contributed by atoms with E-state index in [2.05, 4.69) is 13.8 Å². The predicted octanol–water partition coefficient (Wildman–Crippen LogP) is 1.20. The molecular formula is C8H14O2. The van der Waals surface area contributed by atoms with E-state index in [-0.39, 0.29) is 0 Å². The Bertz CT molecular complexity index is 135. The Morgan fingerprint density at radius 3 is 2.80 bits per heavy atom. The van der Waals surface area contributed by atoms with Crippen molar-refractivity contribution < 1.29 is 9.47 Å². The SMILES string of the molecule is CCC(C)[C@H]1OC[C@@H]2O[C@@H]21. The van der Waals surface area contributed by atoms with Gasteiger partial charge < -0.3 is 9.47 Å². The third kappa shape index (κ3) is 0.867. The standard InChI is InChI=1S/C8H14O2/c1-3-5(2)7-8-6(10-8)4-9-7/h5-8H,3-4H2,1-2H3/t5?,6-,7+,8-/m0/s1. The summed E-state index contributed by atoms with van der Waals surface area (Å²) < 4.78 is 10.9. The molecule has 0 radical (unpaired) electrons. The zero-order chi connectivity index (χ0) is 7.14. The van der Waals surface area contributed by atoms with Crippen LogP contribution < -0.4 is 0 Å². The summed E-state index contributed by atoms with van der Waals surface area (Å²) >= 11 is 0. The zero-order valence-corrected chi connectivity index (χ0v) is 6.54. The van der Waals surface area contributed by atoms with Crippen LogP contribution in [-0.2, 0) is 9.47 Å². The lowest BCUT2D eigenvalue weighted by molar-refractivity contribution is -0.00222. The van der Waals surface area contributed by atoms with Crippen LogP contribution >= 0.6 is 0 Å². The third-order valence-electron chi connectivity index (χ3n) is 2.60. The Kier molecular flexibility index (Phi) is 1.46. The fourth-order valence-corrected chi connectivity index (χ4v) is 1.60. The summed E-state index contributed by atoms with van der Waals surface area (Å²) in [5.74, 6) is 0.664. The molecule has 1 unspecified atom stereocenters. The van der Waals surface area contributed by atoms with Crippen molar-refractivity contribution in [2.24, 2.45) is 5.92 Å². The minimum absolute atomic E-state index is 0.398. The molecule has 58 valence electrons. The Morgan fingerprint density at radius 2 is 2.40 bits per heavy atom. The van der Waals surface area contributed by atoms with Crippen LogP contribution in [0.25, 0.3) is 0 Å². The van der Waals surface area contributed by atoms with Crippen LogP contribution in [0.2, 0.25) is 0 Å². The first kappa shape index (κ1) is 6.62. The van der Waals surface area contributed by atoms with Crippen LogP contribution in [0.1, 0.15) is 20.3 Å². The third-order valence-corrected chi connectivity index (χ3v) is 2.60. The molecule has 2 saturated heterocycles. The van der Waals surface area contributed by atoms with Crippen LogP contribution in [-0.4, -0.2) is 24.9 Å². The van der Waals surface area contributed by atoms with E-state index in [0.717, 1.165) is 6.61 Å². The lowest BCUT2D eigenvalue weighted by atomic mass is 9.99. The van der Waals surface area contributed by atoms with Crippen molar-refractivity contribution in [3.05, 3.63) is 0 Å². The molecule has 10 heavy (non-hydrogen) atoms. The summed E-state index contributed by atoms with van der Waals surface area (Å²) in [6, 6.07) is 0. The maximum Gasteiger partial charge on any atom is 0.113 e. The Balaban J connectivity index is 1.92. The highest BCUT2D eigenvalue weighted by molar-refractivity contribution is 4.98. The van der Waals surface area contributed by atoms with Gasteiger partial charge >= 0.3 is 0 Å². The summed E-state index contributed by atoms with van der Waals surface area (Å²) in [6.45, 7) is 5.26. The summed E-state index contributed by atoms with van der Waals surface area (Å²) in [5, 5.41) is 0. The van der Waals surface area contributed by atoms with E-state index in [1.807, 2.05) is 0 Å². The van der Waals surface area contributed by atoms with Gasteiger partial charge in [-0.3, -0.25) is 0 Å². The summed E-state index contributed by atoms with van der Waals surface area (Å²) in [7, 11) is 0. The number of epoxide rings is 1. The van der Waals surface area contributed by atoms with E-state index in [9.17, 15) is 0 Å². The van der Waals surface area contributed by atoms with Gasteiger partial charge in [0.25, 0.3) is 0 Å². The van der Waals surface area contributed by atoms with Crippen molar-refractivity contribution in [2.45, 2.75) is 38.6 Å². The Hall–Kier alpha value is -0.0800. The average Bonchev–Trinajstić information content (AvgIpc) is 2.62. The van der Waals surface area contributed by atoms with E-state index in [1.165, 1.54) is 6.42 Å². The van der Waals surface area contributed by atoms with Gasteiger partial charge in [-0.1, -0.05) is 20.3 Å². The van der Waals surface area contributed by atoms with Gasteiger partial charge in [0.15, 0.2) is 0 Å². The number of hydrogen-bond acceptors (Lipinski definition) is 2. The van der Waals surface area contributed by atoms with Crippen molar-refractivity contribution in [2.75, 3.05) is 6.61 Å². The number of rotatable bonds is 2. The van der Waals surface area contributed by atoms with Crippen LogP contribution in [0.3, 0.4) is 0 Å². The fourth-order valence-electron chi connectivity index (χ4n) is 1.60. The van der Waals surface area contributed by atoms with Crippen molar-refractivity contribution in [1.29, 1.82) is 0 Å². The van der Waals surface area contributed by atoms with Crippen molar-refractivity contribution in [1.82, 2.24) is 0 Å². The quantitative estimate of drug-likeness (QED) is 0.540. The van der Waals surface area contributed by atoms with Crippen molar-refractivity contribution >= 4 is 0 Å². The second-order valence-electron chi connectivity index (χ2n) is 3.32. The van der Waals surface area contributed by atoms with Crippen LogP contribution in [0.5, 0.6) is 0 Å². The molecule has 0 amide bonds. The highest BCUT2D eigenvalue weighted by Crippen LogP contribution is 2.38. The average molecular weight is 142 g/mol. The van der Waals surface area contributed by atoms with Crippen LogP contribution in [0, 0.1) is 5.92 Å². The van der Waals surface area contributed by atoms with Gasteiger partial charge in [-0.2, -0.15) is 0 Å². The molecule has 0 saturated carbocycles. The molecule has 2 nitrogen and oxygen atoms in total.